The van der Waals surface area contributed by atoms with E-state index in [2.05, 4.69) is 5.32 Å². The Bertz CT molecular complexity index is 940. The lowest BCUT2D eigenvalue weighted by molar-refractivity contribution is -0.118. The smallest absolute Gasteiger partial charge is 0.262 e. The number of benzene rings is 3. The molecule has 0 bridgehead atoms. The lowest BCUT2D eigenvalue weighted by Gasteiger charge is -2.14. The van der Waals surface area contributed by atoms with E-state index in [0.29, 0.717) is 35.3 Å². The number of ether oxygens (including phenoxy) is 4. The molecular formula is C23H23NO5. The van der Waals surface area contributed by atoms with E-state index in [1.54, 1.807) is 31.4 Å². The van der Waals surface area contributed by atoms with Gasteiger partial charge in [-0.2, -0.15) is 0 Å². The van der Waals surface area contributed by atoms with Crippen LogP contribution in [-0.4, -0.2) is 26.2 Å². The Morgan fingerprint density at radius 3 is 2.10 bits per heavy atom. The molecule has 150 valence electrons. The van der Waals surface area contributed by atoms with Crippen molar-refractivity contribution in [1.82, 2.24) is 0 Å². The number of hydrogen-bond donors (Lipinski definition) is 1. The van der Waals surface area contributed by atoms with Crippen molar-refractivity contribution in [3.05, 3.63) is 72.8 Å². The third-order valence-corrected chi connectivity index (χ3v) is 3.95. The summed E-state index contributed by atoms with van der Waals surface area (Å²) in [7, 11) is 1.55. The molecule has 0 saturated carbocycles. The largest absolute Gasteiger partial charge is 0.494 e. The zero-order valence-electron chi connectivity index (χ0n) is 16.4. The number of methoxy groups -OCH3 is 1. The third kappa shape index (κ3) is 5.65. The van der Waals surface area contributed by atoms with E-state index in [-0.39, 0.29) is 12.5 Å². The van der Waals surface area contributed by atoms with E-state index in [0.717, 1.165) is 5.75 Å². The number of para-hydroxylation sites is 4. The fourth-order valence-electron chi connectivity index (χ4n) is 2.62. The van der Waals surface area contributed by atoms with Gasteiger partial charge in [0.1, 0.15) is 11.5 Å². The van der Waals surface area contributed by atoms with Gasteiger partial charge in [-0.15, -0.1) is 0 Å². The molecule has 0 spiro atoms. The van der Waals surface area contributed by atoms with Crippen LogP contribution in [0.2, 0.25) is 0 Å². The molecule has 29 heavy (non-hydrogen) atoms. The molecule has 0 heterocycles. The quantitative estimate of drug-likeness (QED) is 0.560. The molecule has 3 aromatic rings. The fraction of sp³-hybridized carbons (Fsp3) is 0.174. The predicted molar refractivity (Wildman–Crippen MR) is 111 cm³/mol. The zero-order valence-corrected chi connectivity index (χ0v) is 16.4. The van der Waals surface area contributed by atoms with Crippen LogP contribution in [0.3, 0.4) is 0 Å². The second-order valence-electron chi connectivity index (χ2n) is 5.99. The van der Waals surface area contributed by atoms with Crippen LogP contribution in [0.4, 0.5) is 5.69 Å². The average Bonchev–Trinajstić information content (AvgIpc) is 2.75. The molecule has 0 fully saturated rings. The van der Waals surface area contributed by atoms with Gasteiger partial charge in [0.05, 0.1) is 19.4 Å². The molecule has 0 aliphatic rings. The number of carbonyl (C=O) groups excluding carboxylic acids is 1. The van der Waals surface area contributed by atoms with Crippen LogP contribution in [0.25, 0.3) is 0 Å². The van der Waals surface area contributed by atoms with E-state index < -0.39 is 0 Å². The molecule has 0 aromatic heterocycles. The first-order valence-corrected chi connectivity index (χ1v) is 9.25. The summed E-state index contributed by atoms with van der Waals surface area (Å²) in [4.78, 5) is 12.4. The normalized spacial score (nSPS) is 10.1. The van der Waals surface area contributed by atoms with Crippen LogP contribution in [0.15, 0.2) is 72.8 Å². The molecule has 3 rings (SSSR count). The van der Waals surface area contributed by atoms with Gasteiger partial charge in [-0.1, -0.05) is 24.3 Å². The Morgan fingerprint density at radius 1 is 0.793 bits per heavy atom. The second kappa shape index (κ2) is 10.0. The van der Waals surface area contributed by atoms with Crippen LogP contribution in [0, 0.1) is 0 Å². The van der Waals surface area contributed by atoms with E-state index in [9.17, 15) is 4.79 Å². The molecule has 0 saturated heterocycles. The highest BCUT2D eigenvalue weighted by molar-refractivity contribution is 5.93. The SMILES string of the molecule is CCOc1ccc(Oc2ccccc2NC(=O)COc2ccccc2OC)cc1. The number of rotatable bonds is 9. The van der Waals surface area contributed by atoms with Crippen LogP contribution in [-0.2, 0) is 4.79 Å². The van der Waals surface area contributed by atoms with Crippen molar-refractivity contribution in [3.63, 3.8) is 0 Å². The van der Waals surface area contributed by atoms with E-state index in [4.69, 9.17) is 18.9 Å². The van der Waals surface area contributed by atoms with Crippen molar-refractivity contribution in [2.75, 3.05) is 25.6 Å². The van der Waals surface area contributed by atoms with Gasteiger partial charge in [-0.05, 0) is 55.5 Å². The van der Waals surface area contributed by atoms with Gasteiger partial charge in [0.2, 0.25) is 0 Å². The van der Waals surface area contributed by atoms with E-state index in [1.165, 1.54) is 0 Å². The van der Waals surface area contributed by atoms with Crippen molar-refractivity contribution in [1.29, 1.82) is 0 Å². The minimum Gasteiger partial charge on any atom is -0.494 e. The fourth-order valence-corrected chi connectivity index (χ4v) is 2.62. The maximum Gasteiger partial charge on any atom is 0.262 e. The summed E-state index contributed by atoms with van der Waals surface area (Å²) >= 11 is 0. The highest BCUT2D eigenvalue weighted by atomic mass is 16.5. The monoisotopic (exact) mass is 393 g/mol. The molecular weight excluding hydrogens is 370 g/mol. The summed E-state index contributed by atoms with van der Waals surface area (Å²) in [5.74, 6) is 2.71. The predicted octanol–water partition coefficient (Wildman–Crippen LogP) is 4.90. The first-order valence-electron chi connectivity index (χ1n) is 9.25. The Balaban J connectivity index is 1.63. The lowest BCUT2D eigenvalue weighted by atomic mass is 10.2. The molecule has 3 aromatic carbocycles. The molecule has 0 aliphatic heterocycles. The van der Waals surface area contributed by atoms with E-state index in [1.807, 2.05) is 55.5 Å². The van der Waals surface area contributed by atoms with Crippen molar-refractivity contribution < 1.29 is 23.7 Å². The van der Waals surface area contributed by atoms with Gasteiger partial charge in [0.25, 0.3) is 5.91 Å². The summed E-state index contributed by atoms with van der Waals surface area (Å²) < 4.78 is 22.1. The van der Waals surface area contributed by atoms with Gasteiger partial charge >= 0.3 is 0 Å². The highest BCUT2D eigenvalue weighted by Crippen LogP contribution is 2.30. The Labute approximate surface area is 170 Å². The van der Waals surface area contributed by atoms with Crippen molar-refractivity contribution >= 4 is 11.6 Å². The van der Waals surface area contributed by atoms with Crippen LogP contribution >= 0.6 is 0 Å². The Kier molecular flexibility index (Phi) is 6.95. The Morgan fingerprint density at radius 2 is 1.41 bits per heavy atom. The summed E-state index contributed by atoms with van der Waals surface area (Å²) in [5, 5.41) is 2.82. The van der Waals surface area contributed by atoms with Crippen LogP contribution < -0.4 is 24.3 Å². The van der Waals surface area contributed by atoms with Crippen LogP contribution in [0.5, 0.6) is 28.7 Å². The number of carbonyl (C=O) groups is 1. The maximum atomic E-state index is 12.4. The molecule has 6 heteroatoms. The molecule has 1 N–H and O–H groups in total. The molecule has 0 radical (unpaired) electrons. The van der Waals surface area contributed by atoms with E-state index >= 15 is 0 Å². The van der Waals surface area contributed by atoms with Gasteiger partial charge in [0, 0.05) is 0 Å². The van der Waals surface area contributed by atoms with Gasteiger partial charge in [0.15, 0.2) is 23.9 Å². The second-order valence-corrected chi connectivity index (χ2v) is 5.99. The van der Waals surface area contributed by atoms with Crippen molar-refractivity contribution in [3.8, 4) is 28.7 Å². The molecule has 0 aliphatic carbocycles. The lowest BCUT2D eigenvalue weighted by Crippen LogP contribution is -2.20. The zero-order chi connectivity index (χ0) is 20.5. The van der Waals surface area contributed by atoms with Gasteiger partial charge in [-0.3, -0.25) is 4.79 Å². The number of anilines is 1. The number of amides is 1. The van der Waals surface area contributed by atoms with Crippen molar-refractivity contribution in [2.45, 2.75) is 6.92 Å². The number of hydrogen-bond acceptors (Lipinski definition) is 5. The summed E-state index contributed by atoms with van der Waals surface area (Å²) in [6, 6.07) is 21.7. The third-order valence-electron chi connectivity index (χ3n) is 3.95. The first-order chi connectivity index (χ1) is 14.2. The molecule has 0 atom stereocenters. The minimum atomic E-state index is -0.307. The molecule has 1 amide bonds. The van der Waals surface area contributed by atoms with Gasteiger partial charge < -0.3 is 24.3 Å². The Hall–Kier alpha value is -3.67. The average molecular weight is 393 g/mol. The molecule has 0 unspecified atom stereocenters. The van der Waals surface area contributed by atoms with Gasteiger partial charge in [-0.25, -0.2) is 0 Å². The number of nitrogens with one attached hydrogen (secondary N) is 1. The maximum absolute atomic E-state index is 12.4. The summed E-state index contributed by atoms with van der Waals surface area (Å²) in [6.07, 6.45) is 0. The summed E-state index contributed by atoms with van der Waals surface area (Å²) in [5.41, 5.74) is 0.551. The first kappa shape index (κ1) is 20.1. The summed E-state index contributed by atoms with van der Waals surface area (Å²) in [6.45, 7) is 2.38. The minimum absolute atomic E-state index is 0.155. The highest BCUT2D eigenvalue weighted by Gasteiger charge is 2.11. The van der Waals surface area contributed by atoms with Crippen LogP contribution in [0.1, 0.15) is 6.92 Å². The topological polar surface area (TPSA) is 66.0 Å². The van der Waals surface area contributed by atoms with Crippen molar-refractivity contribution in [2.24, 2.45) is 0 Å². The standard InChI is InChI=1S/C23H23NO5/c1-3-27-17-12-14-18(15-13-17)29-20-9-5-4-8-19(20)24-23(25)16-28-22-11-7-6-10-21(22)26-2/h4-15H,3,16H2,1-2H3,(H,24,25). The molecule has 6 nitrogen and oxygen atoms in total.